The highest BCUT2D eigenvalue weighted by atomic mass is 16.6. The molecule has 4 aromatic rings. The fourth-order valence-electron chi connectivity index (χ4n) is 7.09. The second kappa shape index (κ2) is 9.34. The van der Waals surface area contributed by atoms with E-state index >= 15 is 0 Å². The summed E-state index contributed by atoms with van der Waals surface area (Å²) in [5.74, 6) is -2.15. The molecule has 3 aliphatic rings. The number of nitro benzene ring substituents is 1. The van der Waals surface area contributed by atoms with Crippen LogP contribution in [0.4, 0.5) is 17.1 Å². The van der Waals surface area contributed by atoms with Gasteiger partial charge in [-0.2, -0.15) is 0 Å². The second-order valence-electron chi connectivity index (χ2n) is 10.9. The molecule has 3 aliphatic heterocycles. The lowest BCUT2D eigenvalue weighted by Crippen LogP contribution is -2.51. The van der Waals surface area contributed by atoms with E-state index < -0.39 is 28.3 Å². The molecule has 0 unspecified atom stereocenters. The number of para-hydroxylation sites is 2. The lowest BCUT2D eigenvalue weighted by Gasteiger charge is -2.39. The zero-order chi connectivity index (χ0) is 29.2. The number of hydrogen-bond donors (Lipinski definition) is 1. The maximum Gasteiger partial charge on any atom is 0.269 e. The summed E-state index contributed by atoms with van der Waals surface area (Å²) >= 11 is 0. The molecular weight excluding hydrogens is 530 g/mol. The molecule has 1 N–H and O–H groups in total. The zero-order valence-electron chi connectivity index (χ0n) is 22.6. The Morgan fingerprint density at radius 3 is 2.21 bits per heavy atom. The number of carbonyl (C=O) groups is 3. The first-order chi connectivity index (χ1) is 20.3. The molecule has 4 atom stereocenters. The van der Waals surface area contributed by atoms with Crippen LogP contribution in [0.5, 0.6) is 0 Å². The summed E-state index contributed by atoms with van der Waals surface area (Å²) in [6, 6.07) is 27.4. The van der Waals surface area contributed by atoms with Gasteiger partial charge in [0.25, 0.3) is 5.69 Å². The summed E-state index contributed by atoms with van der Waals surface area (Å²) in [5, 5.41) is 14.4. The number of hydrogen-bond acceptors (Lipinski definition) is 6. The summed E-state index contributed by atoms with van der Waals surface area (Å²) in [6.07, 6.45) is 2.00. The number of nitro groups is 1. The third kappa shape index (κ3) is 3.44. The average molecular weight is 556 g/mol. The minimum Gasteiger partial charge on any atom is -0.352 e. The van der Waals surface area contributed by atoms with Gasteiger partial charge in [0.15, 0.2) is 11.6 Å². The number of fused-ring (bicyclic) bond motifs is 6. The number of non-ortho nitro benzene ring substituents is 1. The van der Waals surface area contributed by atoms with Crippen molar-refractivity contribution in [3.8, 4) is 0 Å². The maximum atomic E-state index is 14.7. The van der Waals surface area contributed by atoms with Crippen LogP contribution in [-0.2, 0) is 10.2 Å². The van der Waals surface area contributed by atoms with Crippen molar-refractivity contribution in [2.75, 3.05) is 10.2 Å². The van der Waals surface area contributed by atoms with Crippen molar-refractivity contribution in [2.45, 2.75) is 24.4 Å². The highest BCUT2D eigenvalue weighted by molar-refractivity contribution is 6.18. The van der Waals surface area contributed by atoms with Crippen molar-refractivity contribution in [2.24, 2.45) is 5.92 Å². The highest BCUT2D eigenvalue weighted by Crippen LogP contribution is 2.58. The van der Waals surface area contributed by atoms with E-state index in [2.05, 4.69) is 5.32 Å². The van der Waals surface area contributed by atoms with Gasteiger partial charge in [0.05, 0.1) is 16.9 Å². The molecule has 42 heavy (non-hydrogen) atoms. The summed E-state index contributed by atoms with van der Waals surface area (Å²) < 4.78 is 0. The Morgan fingerprint density at radius 1 is 0.833 bits per heavy atom. The number of Topliss-reactive ketones (excluding diaryl/α,β-unsaturated/α-hetero) is 2. The number of nitrogens with zero attached hydrogens (tertiary/aromatic N) is 2. The number of ketones is 2. The van der Waals surface area contributed by atoms with E-state index in [1.807, 2.05) is 72.5 Å². The normalized spacial score (nSPS) is 23.5. The van der Waals surface area contributed by atoms with E-state index in [4.69, 9.17) is 0 Å². The molecule has 1 amide bonds. The molecule has 0 aliphatic carbocycles. The van der Waals surface area contributed by atoms with Crippen LogP contribution in [0.3, 0.4) is 0 Å². The number of rotatable bonds is 5. The lowest BCUT2D eigenvalue weighted by atomic mass is 9.64. The minimum atomic E-state index is -1.42. The Hall–Kier alpha value is -5.37. The third-order valence-corrected chi connectivity index (χ3v) is 8.86. The molecule has 8 nitrogen and oxygen atoms in total. The second-order valence-corrected chi connectivity index (χ2v) is 10.9. The van der Waals surface area contributed by atoms with E-state index in [1.54, 1.807) is 24.3 Å². The van der Waals surface area contributed by atoms with Crippen LogP contribution in [-0.4, -0.2) is 34.5 Å². The van der Waals surface area contributed by atoms with Gasteiger partial charge >= 0.3 is 0 Å². The van der Waals surface area contributed by atoms with E-state index in [0.29, 0.717) is 16.8 Å². The molecule has 206 valence electrons. The zero-order valence-corrected chi connectivity index (χ0v) is 22.6. The van der Waals surface area contributed by atoms with Gasteiger partial charge in [0.2, 0.25) is 5.91 Å². The van der Waals surface area contributed by atoms with E-state index in [-0.39, 0.29) is 28.7 Å². The summed E-state index contributed by atoms with van der Waals surface area (Å²) in [6.45, 7) is 1.97. The third-order valence-electron chi connectivity index (χ3n) is 8.86. The lowest BCUT2D eigenvalue weighted by molar-refractivity contribution is -0.384. The van der Waals surface area contributed by atoms with Crippen molar-refractivity contribution in [1.82, 2.24) is 0 Å². The van der Waals surface area contributed by atoms with Gasteiger partial charge in [-0.3, -0.25) is 24.5 Å². The van der Waals surface area contributed by atoms with Gasteiger partial charge in [0.1, 0.15) is 11.5 Å². The van der Waals surface area contributed by atoms with Crippen molar-refractivity contribution < 1.29 is 19.3 Å². The number of nitrogens with one attached hydrogen (secondary N) is 1. The van der Waals surface area contributed by atoms with Crippen LogP contribution in [0.1, 0.15) is 38.8 Å². The molecule has 1 spiro atoms. The van der Waals surface area contributed by atoms with E-state index in [0.717, 1.165) is 16.8 Å². The molecule has 7 rings (SSSR count). The number of carbonyl (C=O) groups excluding carboxylic acids is 3. The number of anilines is 2. The van der Waals surface area contributed by atoms with Gasteiger partial charge in [0, 0.05) is 40.2 Å². The molecule has 3 heterocycles. The van der Waals surface area contributed by atoms with Crippen molar-refractivity contribution in [3.63, 3.8) is 0 Å². The fraction of sp³-hybridized carbons (Fsp3) is 0.147. The molecular formula is C34H25N3O5. The summed E-state index contributed by atoms with van der Waals surface area (Å²) in [5.41, 5.74) is 2.94. The highest BCUT2D eigenvalue weighted by Gasteiger charge is 2.70. The molecule has 0 saturated carbocycles. The van der Waals surface area contributed by atoms with Crippen LogP contribution in [0.2, 0.25) is 0 Å². The number of amides is 1. The van der Waals surface area contributed by atoms with Crippen LogP contribution in [0, 0.1) is 16.0 Å². The predicted octanol–water partition coefficient (Wildman–Crippen LogP) is 5.84. The monoisotopic (exact) mass is 555 g/mol. The number of benzene rings is 4. The Morgan fingerprint density at radius 2 is 1.48 bits per heavy atom. The molecule has 8 heteroatoms. The Kier molecular flexibility index (Phi) is 5.69. The SMILES string of the molecule is CC1=C[C@@H]2N(c3ccccc31)[C@@H](C(=O)c1ccc([N+](=O)[O-])cc1)[C@H](C(=O)c1ccccc1)[C@@]21C(=O)Nc2ccccc21. The Bertz CT molecular complexity index is 1830. The van der Waals surface area contributed by atoms with Crippen LogP contribution >= 0.6 is 0 Å². The van der Waals surface area contributed by atoms with Gasteiger partial charge < -0.3 is 10.2 Å². The van der Waals surface area contributed by atoms with E-state index in [1.165, 1.54) is 24.3 Å². The molecule has 0 bridgehead atoms. The molecule has 4 aromatic carbocycles. The smallest absolute Gasteiger partial charge is 0.269 e. The first-order valence-corrected chi connectivity index (χ1v) is 13.7. The van der Waals surface area contributed by atoms with Crippen LogP contribution in [0.15, 0.2) is 109 Å². The average Bonchev–Trinajstić information content (AvgIpc) is 3.49. The van der Waals surface area contributed by atoms with Crippen LogP contribution in [0.25, 0.3) is 5.57 Å². The molecule has 1 fully saturated rings. The summed E-state index contributed by atoms with van der Waals surface area (Å²) in [4.78, 5) is 56.5. The van der Waals surface area contributed by atoms with Gasteiger partial charge in [-0.15, -0.1) is 0 Å². The fourth-order valence-corrected chi connectivity index (χ4v) is 7.09. The molecule has 0 radical (unpaired) electrons. The molecule has 1 saturated heterocycles. The maximum absolute atomic E-state index is 14.7. The Labute approximate surface area is 241 Å². The first kappa shape index (κ1) is 25.6. The van der Waals surface area contributed by atoms with Gasteiger partial charge in [-0.05, 0) is 42.3 Å². The topological polar surface area (TPSA) is 110 Å². The van der Waals surface area contributed by atoms with Gasteiger partial charge in [-0.25, -0.2) is 0 Å². The largest absolute Gasteiger partial charge is 0.352 e. The quantitative estimate of drug-likeness (QED) is 0.188. The number of allylic oxidation sites excluding steroid dienone is 1. The first-order valence-electron chi connectivity index (χ1n) is 13.7. The molecule has 0 aromatic heterocycles. The van der Waals surface area contributed by atoms with Crippen LogP contribution < -0.4 is 10.2 Å². The standard InChI is InChI=1S/C34H25N3O5/c1-20-19-28-34(25-12-6-7-13-26(25)35-33(34)40)29(31(38)21-9-3-2-4-10-21)30(36(28)27-14-8-5-11-24(20)27)32(39)22-15-17-23(18-16-22)37(41)42/h2-19,28-30H,1H3,(H,35,40)/t28-,29+,30+,34-/m0/s1. The summed E-state index contributed by atoms with van der Waals surface area (Å²) in [7, 11) is 0. The van der Waals surface area contributed by atoms with Crippen molar-refractivity contribution in [1.29, 1.82) is 0 Å². The van der Waals surface area contributed by atoms with Crippen molar-refractivity contribution >= 4 is 40.1 Å². The minimum absolute atomic E-state index is 0.143. The van der Waals surface area contributed by atoms with Gasteiger partial charge in [-0.1, -0.05) is 72.8 Å². The predicted molar refractivity (Wildman–Crippen MR) is 159 cm³/mol. The van der Waals surface area contributed by atoms with E-state index in [9.17, 15) is 24.5 Å². The Balaban J connectivity index is 1.53. The van der Waals surface area contributed by atoms with Crippen molar-refractivity contribution in [3.05, 3.63) is 142 Å².